The summed E-state index contributed by atoms with van der Waals surface area (Å²) in [4.78, 5) is 46.2. The van der Waals surface area contributed by atoms with Gasteiger partial charge in [-0.2, -0.15) is 13.2 Å². The number of aliphatic hydroxyl groups is 1. The Bertz CT molecular complexity index is 1510. The van der Waals surface area contributed by atoms with Gasteiger partial charge in [0.05, 0.1) is 22.8 Å². The van der Waals surface area contributed by atoms with Crippen LogP contribution >= 0.6 is 22.9 Å². The van der Waals surface area contributed by atoms with Crippen molar-refractivity contribution in [1.29, 1.82) is 0 Å². The van der Waals surface area contributed by atoms with Gasteiger partial charge in [-0.15, -0.1) is 11.3 Å². The fourth-order valence-corrected chi connectivity index (χ4v) is 4.52. The van der Waals surface area contributed by atoms with Crippen LogP contribution in [0.1, 0.15) is 55.9 Å². The van der Waals surface area contributed by atoms with Gasteiger partial charge in [0.1, 0.15) is 33.4 Å². The van der Waals surface area contributed by atoms with E-state index in [-0.39, 0.29) is 23.0 Å². The van der Waals surface area contributed by atoms with Gasteiger partial charge in [-0.1, -0.05) is 11.6 Å². The fourth-order valence-electron chi connectivity index (χ4n) is 3.49. The van der Waals surface area contributed by atoms with Gasteiger partial charge >= 0.3 is 6.18 Å². The molecule has 0 fully saturated rings. The van der Waals surface area contributed by atoms with Gasteiger partial charge in [-0.25, -0.2) is 24.9 Å². The van der Waals surface area contributed by atoms with Crippen LogP contribution in [0.2, 0.25) is 5.02 Å². The number of alkyl halides is 3. The molecule has 1 atom stereocenters. The van der Waals surface area contributed by atoms with Crippen LogP contribution in [0.15, 0.2) is 24.8 Å². The van der Waals surface area contributed by atoms with Crippen LogP contribution in [0.5, 0.6) is 0 Å². The maximum absolute atomic E-state index is 13.1. The number of fused-ring (bicyclic) bond motifs is 1. The number of thiazole rings is 1. The number of hydrogen-bond acceptors (Lipinski definition) is 9. The molecule has 0 aliphatic rings. The molecule has 200 valence electrons. The number of aromatic nitrogens is 6. The molecule has 0 radical (unpaired) electrons. The lowest BCUT2D eigenvalue weighted by Gasteiger charge is -2.11. The number of nitrogens with one attached hydrogen (secondary N) is 2. The standard InChI is InChI=1S/C22H20ClF3N8O3S/c1-10(31-20(37)17-16-18(30-9-29-17)34(2)15(33-16)4-3-5-35)21-28-8-13(38-21)19(36)32-14-6-11(22(24,25)26)12(23)7-27-14/h6-10,35H,3-5H2,1-2H3,(H,31,37)(H,27,32,36)/t10-/m1/s1. The van der Waals surface area contributed by atoms with Crippen molar-refractivity contribution < 1.29 is 27.9 Å². The summed E-state index contributed by atoms with van der Waals surface area (Å²) in [5, 5.41) is 13.9. The number of carbonyl (C=O) groups is 2. The predicted molar refractivity (Wildman–Crippen MR) is 132 cm³/mol. The number of amides is 2. The van der Waals surface area contributed by atoms with Gasteiger partial charge in [-0.3, -0.25) is 9.59 Å². The number of pyridine rings is 1. The Balaban J connectivity index is 1.47. The Morgan fingerprint density at radius 2 is 1.95 bits per heavy atom. The zero-order chi connectivity index (χ0) is 27.6. The van der Waals surface area contributed by atoms with Gasteiger partial charge in [0.15, 0.2) is 11.3 Å². The number of imidazole rings is 1. The normalized spacial score (nSPS) is 12.5. The van der Waals surface area contributed by atoms with E-state index in [1.807, 2.05) is 0 Å². The van der Waals surface area contributed by atoms with Crippen molar-refractivity contribution in [2.24, 2.45) is 7.05 Å². The first kappa shape index (κ1) is 27.3. The SMILES string of the molecule is C[C@@H](NC(=O)c1ncnc2c1nc(CCCO)n2C)c1ncc(C(=O)Nc2cc(C(F)(F)F)c(Cl)cn2)s1. The van der Waals surface area contributed by atoms with E-state index in [0.717, 1.165) is 17.5 Å². The predicted octanol–water partition coefficient (Wildman–Crippen LogP) is 3.56. The minimum Gasteiger partial charge on any atom is -0.396 e. The van der Waals surface area contributed by atoms with E-state index < -0.39 is 34.6 Å². The summed E-state index contributed by atoms with van der Waals surface area (Å²) in [6, 6.07) is 0.00229. The molecule has 4 aromatic heterocycles. The summed E-state index contributed by atoms with van der Waals surface area (Å²) >= 11 is 6.51. The Kier molecular flexibility index (Phi) is 7.89. The van der Waals surface area contributed by atoms with Crippen molar-refractivity contribution in [3.63, 3.8) is 0 Å². The van der Waals surface area contributed by atoms with Gasteiger partial charge in [0, 0.05) is 26.3 Å². The molecule has 0 bridgehead atoms. The Morgan fingerprint density at radius 1 is 1.18 bits per heavy atom. The lowest BCUT2D eigenvalue weighted by Crippen LogP contribution is -2.27. The zero-order valence-corrected chi connectivity index (χ0v) is 21.4. The highest BCUT2D eigenvalue weighted by molar-refractivity contribution is 7.13. The molecule has 16 heteroatoms. The van der Waals surface area contributed by atoms with E-state index in [2.05, 4.69) is 35.6 Å². The number of aliphatic hydroxyl groups excluding tert-OH is 1. The van der Waals surface area contributed by atoms with Crippen LogP contribution in [0.4, 0.5) is 19.0 Å². The summed E-state index contributed by atoms with van der Waals surface area (Å²) in [6.07, 6.45) is -0.421. The first-order valence-electron chi connectivity index (χ1n) is 11.1. The average molecular weight is 569 g/mol. The van der Waals surface area contributed by atoms with Crippen molar-refractivity contribution in [2.75, 3.05) is 11.9 Å². The fraction of sp³-hybridized carbons (Fsp3) is 0.318. The number of nitrogens with zero attached hydrogens (tertiary/aromatic N) is 6. The highest BCUT2D eigenvalue weighted by Crippen LogP contribution is 2.35. The summed E-state index contributed by atoms with van der Waals surface area (Å²) < 4.78 is 41.0. The molecule has 0 saturated carbocycles. The van der Waals surface area contributed by atoms with E-state index in [0.29, 0.717) is 40.9 Å². The molecular formula is C22H20ClF3N8O3S. The molecule has 2 amide bonds. The lowest BCUT2D eigenvalue weighted by atomic mass is 10.2. The monoisotopic (exact) mass is 568 g/mol. The van der Waals surface area contributed by atoms with Crippen molar-refractivity contribution in [3.05, 3.63) is 56.8 Å². The largest absolute Gasteiger partial charge is 0.418 e. The summed E-state index contributed by atoms with van der Waals surface area (Å²) in [7, 11) is 1.75. The van der Waals surface area contributed by atoms with Gasteiger partial charge in [0.2, 0.25) is 0 Å². The van der Waals surface area contributed by atoms with Crippen LogP contribution in [-0.2, 0) is 19.6 Å². The second-order valence-electron chi connectivity index (χ2n) is 8.07. The smallest absolute Gasteiger partial charge is 0.396 e. The van der Waals surface area contributed by atoms with E-state index in [4.69, 9.17) is 16.7 Å². The molecule has 11 nitrogen and oxygen atoms in total. The lowest BCUT2D eigenvalue weighted by molar-refractivity contribution is -0.137. The third kappa shape index (κ3) is 5.74. The second kappa shape index (κ2) is 11.0. The molecule has 4 aromatic rings. The summed E-state index contributed by atoms with van der Waals surface area (Å²) in [6.45, 7) is 1.65. The van der Waals surface area contributed by atoms with Crippen molar-refractivity contribution >= 4 is 51.7 Å². The van der Waals surface area contributed by atoms with Crippen molar-refractivity contribution in [2.45, 2.75) is 32.0 Å². The summed E-state index contributed by atoms with van der Waals surface area (Å²) in [5.41, 5.74) is -0.307. The van der Waals surface area contributed by atoms with E-state index in [9.17, 15) is 22.8 Å². The molecule has 38 heavy (non-hydrogen) atoms. The quantitative estimate of drug-likeness (QED) is 0.292. The molecule has 0 saturated heterocycles. The Morgan fingerprint density at radius 3 is 2.66 bits per heavy atom. The molecule has 0 unspecified atom stereocenters. The second-order valence-corrected chi connectivity index (χ2v) is 9.54. The van der Waals surface area contributed by atoms with Crippen LogP contribution in [-0.4, -0.2) is 53.0 Å². The van der Waals surface area contributed by atoms with Crippen LogP contribution < -0.4 is 10.6 Å². The first-order valence-corrected chi connectivity index (χ1v) is 12.3. The Labute approximate surface area is 222 Å². The third-order valence-corrected chi connectivity index (χ3v) is 6.87. The maximum Gasteiger partial charge on any atom is 0.418 e. The van der Waals surface area contributed by atoms with E-state index in [1.165, 1.54) is 12.5 Å². The minimum atomic E-state index is -4.71. The van der Waals surface area contributed by atoms with Crippen LogP contribution in [0.3, 0.4) is 0 Å². The third-order valence-electron chi connectivity index (χ3n) is 5.39. The maximum atomic E-state index is 13.1. The van der Waals surface area contributed by atoms with E-state index in [1.54, 1.807) is 18.5 Å². The molecular weight excluding hydrogens is 549 g/mol. The number of carbonyl (C=O) groups excluding carboxylic acids is 2. The number of anilines is 1. The first-order chi connectivity index (χ1) is 18.0. The van der Waals surface area contributed by atoms with Crippen molar-refractivity contribution in [1.82, 2.24) is 34.8 Å². The van der Waals surface area contributed by atoms with Crippen LogP contribution in [0, 0.1) is 0 Å². The van der Waals surface area contributed by atoms with Gasteiger partial charge in [0.25, 0.3) is 11.8 Å². The molecule has 4 rings (SSSR count). The number of hydrogen-bond donors (Lipinski definition) is 3. The Hall–Kier alpha value is -3.69. The topological polar surface area (TPSA) is 148 Å². The van der Waals surface area contributed by atoms with Gasteiger partial charge in [-0.05, 0) is 19.4 Å². The minimum absolute atomic E-state index is 0.00161. The number of halogens is 4. The molecule has 0 spiro atoms. The summed E-state index contributed by atoms with van der Waals surface area (Å²) in [5.74, 6) is -0.950. The van der Waals surface area contributed by atoms with E-state index >= 15 is 0 Å². The number of aryl methyl sites for hydroxylation is 2. The highest BCUT2D eigenvalue weighted by atomic mass is 35.5. The molecule has 3 N–H and O–H groups in total. The highest BCUT2D eigenvalue weighted by Gasteiger charge is 2.34. The molecule has 4 heterocycles. The van der Waals surface area contributed by atoms with Crippen molar-refractivity contribution in [3.8, 4) is 0 Å². The number of rotatable bonds is 8. The van der Waals surface area contributed by atoms with Gasteiger partial charge < -0.3 is 20.3 Å². The average Bonchev–Trinajstić information content (AvgIpc) is 3.48. The molecule has 0 aliphatic carbocycles. The zero-order valence-electron chi connectivity index (χ0n) is 19.9. The molecule has 0 aliphatic heterocycles. The van der Waals surface area contributed by atoms with Crippen LogP contribution in [0.25, 0.3) is 11.2 Å². The molecule has 0 aromatic carbocycles.